The van der Waals surface area contributed by atoms with Crippen LogP contribution in [0, 0.1) is 0 Å². The summed E-state index contributed by atoms with van der Waals surface area (Å²) in [6.07, 6.45) is 0.0234. The first kappa shape index (κ1) is 20.8. The molecule has 0 aromatic carbocycles. The molecule has 8 nitrogen and oxygen atoms in total. The van der Waals surface area contributed by atoms with Gasteiger partial charge in [0.25, 0.3) is 0 Å². The third-order valence-corrected chi connectivity index (χ3v) is 3.80. The van der Waals surface area contributed by atoms with Gasteiger partial charge in [-0.05, 0) is 34.1 Å². The topological polar surface area (TPSA) is 79.7 Å². The molecule has 0 fully saturated rings. The molecule has 0 radical (unpaired) electrons. The predicted molar refractivity (Wildman–Crippen MR) is 91.3 cm³/mol. The first-order chi connectivity index (χ1) is 11.5. The number of hydrogen-bond acceptors (Lipinski definition) is 7. The summed E-state index contributed by atoms with van der Waals surface area (Å²) >= 11 is 0. The van der Waals surface area contributed by atoms with Crippen LogP contribution in [0.5, 0.6) is 0 Å². The van der Waals surface area contributed by atoms with Crippen molar-refractivity contribution in [2.24, 2.45) is 0 Å². The van der Waals surface area contributed by atoms with Crippen molar-refractivity contribution in [3.8, 4) is 0 Å². The minimum Gasteiger partial charge on any atom is -0.371 e. The van der Waals surface area contributed by atoms with E-state index in [4.69, 9.17) is 18.9 Å². The van der Waals surface area contributed by atoms with Gasteiger partial charge in [0.05, 0.1) is 6.04 Å². The lowest BCUT2D eigenvalue weighted by Gasteiger charge is -2.28. The predicted octanol–water partition coefficient (Wildman–Crippen LogP) is 2.41. The van der Waals surface area contributed by atoms with Crippen molar-refractivity contribution in [3.63, 3.8) is 0 Å². The van der Waals surface area contributed by atoms with Crippen LogP contribution in [-0.2, 0) is 18.9 Å². The molecule has 1 rings (SSSR count). The van der Waals surface area contributed by atoms with E-state index in [0.29, 0.717) is 24.9 Å². The van der Waals surface area contributed by atoms with Crippen molar-refractivity contribution in [3.05, 3.63) is 11.6 Å². The van der Waals surface area contributed by atoms with Gasteiger partial charge in [0.2, 0.25) is 0 Å². The van der Waals surface area contributed by atoms with E-state index in [1.165, 1.54) is 0 Å². The molecule has 0 aliphatic carbocycles. The molecule has 0 unspecified atom stereocenters. The van der Waals surface area contributed by atoms with E-state index in [-0.39, 0.29) is 24.5 Å². The Morgan fingerprint density at radius 3 is 1.71 bits per heavy atom. The zero-order valence-corrected chi connectivity index (χ0v) is 15.9. The van der Waals surface area contributed by atoms with Crippen LogP contribution < -0.4 is 5.43 Å². The Morgan fingerprint density at radius 1 is 0.917 bits per heavy atom. The first-order valence-corrected chi connectivity index (χ1v) is 8.54. The number of nitrogens with one attached hydrogen (secondary N) is 1. The fourth-order valence-corrected chi connectivity index (χ4v) is 2.55. The molecule has 1 heterocycles. The van der Waals surface area contributed by atoms with Gasteiger partial charge in [-0.1, -0.05) is 6.92 Å². The summed E-state index contributed by atoms with van der Waals surface area (Å²) in [5.74, 6) is 1.39. The molecule has 0 bridgehead atoms. The second-order valence-electron chi connectivity index (χ2n) is 5.43. The Kier molecular flexibility index (Phi) is 9.20. The lowest BCUT2D eigenvalue weighted by Crippen LogP contribution is -2.41. The molecular weight excluding hydrogens is 312 g/mol. The second-order valence-corrected chi connectivity index (χ2v) is 5.43. The maximum Gasteiger partial charge on any atom is 0.180 e. The minimum absolute atomic E-state index is 0.0730. The Balaban J connectivity index is 3.16. The monoisotopic (exact) mass is 344 g/mol. The van der Waals surface area contributed by atoms with Gasteiger partial charge in [-0.25, -0.2) is 4.68 Å². The minimum atomic E-state index is -0.386. The number of rotatable bonds is 12. The number of aromatic nitrogens is 3. The van der Waals surface area contributed by atoms with Crippen LogP contribution in [0.1, 0.15) is 64.9 Å². The van der Waals surface area contributed by atoms with E-state index >= 15 is 0 Å². The zero-order chi connectivity index (χ0) is 18.1. The van der Waals surface area contributed by atoms with Crippen LogP contribution in [0.25, 0.3) is 0 Å². The van der Waals surface area contributed by atoms with E-state index in [1.54, 1.807) is 14.2 Å². The summed E-state index contributed by atoms with van der Waals surface area (Å²) in [4.78, 5) is 0. The van der Waals surface area contributed by atoms with E-state index in [1.807, 2.05) is 32.4 Å². The van der Waals surface area contributed by atoms with E-state index in [9.17, 15) is 0 Å². The average molecular weight is 344 g/mol. The maximum absolute atomic E-state index is 5.68. The third kappa shape index (κ3) is 5.14. The first-order valence-electron chi connectivity index (χ1n) is 8.54. The third-order valence-electron chi connectivity index (χ3n) is 3.80. The molecule has 3 atom stereocenters. The SMILES string of the molecule is CCO[C@@H](C)c1nnc([C@H](C)OCC)n1N[C@H](CC)C(OC)OC. The fraction of sp³-hybridized carbons (Fsp3) is 0.875. The van der Waals surface area contributed by atoms with Gasteiger partial charge < -0.3 is 24.4 Å². The molecule has 1 aromatic rings. The van der Waals surface area contributed by atoms with Crippen molar-refractivity contribution in [1.82, 2.24) is 14.9 Å². The van der Waals surface area contributed by atoms with Crippen molar-refractivity contribution in [2.45, 2.75) is 65.6 Å². The summed E-state index contributed by atoms with van der Waals surface area (Å²) in [5.41, 5.74) is 3.41. The van der Waals surface area contributed by atoms with Crippen molar-refractivity contribution in [2.75, 3.05) is 32.9 Å². The molecule has 1 N–H and O–H groups in total. The summed E-state index contributed by atoms with van der Waals surface area (Å²) in [6.45, 7) is 11.1. The van der Waals surface area contributed by atoms with Gasteiger partial charge in [-0.2, -0.15) is 0 Å². The van der Waals surface area contributed by atoms with Gasteiger partial charge in [0.1, 0.15) is 12.2 Å². The van der Waals surface area contributed by atoms with Crippen LogP contribution >= 0.6 is 0 Å². The highest BCUT2D eigenvalue weighted by atomic mass is 16.7. The van der Waals surface area contributed by atoms with Gasteiger partial charge in [0.15, 0.2) is 17.9 Å². The Hall–Kier alpha value is -1.22. The summed E-state index contributed by atoms with van der Waals surface area (Å²) in [5, 5.41) is 8.60. The molecule has 0 spiro atoms. The summed E-state index contributed by atoms with van der Waals surface area (Å²) in [6, 6.07) is -0.0730. The van der Waals surface area contributed by atoms with Gasteiger partial charge >= 0.3 is 0 Å². The molecule has 140 valence electrons. The van der Waals surface area contributed by atoms with Gasteiger partial charge in [0, 0.05) is 27.4 Å². The molecule has 8 heteroatoms. The van der Waals surface area contributed by atoms with Crippen molar-refractivity contribution >= 4 is 0 Å². The van der Waals surface area contributed by atoms with Crippen molar-refractivity contribution in [1.29, 1.82) is 0 Å². The maximum atomic E-state index is 5.68. The number of ether oxygens (including phenoxy) is 4. The van der Waals surface area contributed by atoms with E-state index in [0.717, 1.165) is 6.42 Å². The fourth-order valence-electron chi connectivity index (χ4n) is 2.55. The number of nitrogens with zero attached hydrogens (tertiary/aromatic N) is 3. The largest absolute Gasteiger partial charge is 0.371 e. The van der Waals surface area contributed by atoms with Crippen LogP contribution in [0.15, 0.2) is 0 Å². The highest BCUT2D eigenvalue weighted by Crippen LogP contribution is 2.21. The van der Waals surface area contributed by atoms with Gasteiger partial charge in [-0.15, -0.1) is 10.2 Å². The van der Waals surface area contributed by atoms with Crippen LogP contribution in [0.3, 0.4) is 0 Å². The average Bonchev–Trinajstić information content (AvgIpc) is 2.99. The lowest BCUT2D eigenvalue weighted by atomic mass is 10.2. The lowest BCUT2D eigenvalue weighted by molar-refractivity contribution is -0.114. The standard InChI is InChI=1S/C16H32N4O4/c1-8-13(16(21-6)22-7)19-20-14(11(4)23-9-2)17-18-15(20)12(5)24-10-3/h11-13,16,19H,8-10H2,1-7H3/t11-,12-,13+/m0/s1. The van der Waals surface area contributed by atoms with Gasteiger partial charge in [-0.3, -0.25) is 0 Å². The Bertz CT molecular complexity index is 435. The van der Waals surface area contributed by atoms with Crippen LogP contribution in [-0.4, -0.2) is 54.6 Å². The molecule has 0 aliphatic rings. The molecular formula is C16H32N4O4. The highest BCUT2D eigenvalue weighted by Gasteiger charge is 2.26. The molecule has 0 saturated heterocycles. The quantitative estimate of drug-likeness (QED) is 0.583. The molecule has 0 aliphatic heterocycles. The molecule has 0 saturated carbocycles. The smallest absolute Gasteiger partial charge is 0.180 e. The normalized spacial score (nSPS) is 15.5. The number of methoxy groups -OCH3 is 2. The number of hydrogen-bond donors (Lipinski definition) is 1. The van der Waals surface area contributed by atoms with Crippen molar-refractivity contribution < 1.29 is 18.9 Å². The molecule has 24 heavy (non-hydrogen) atoms. The van der Waals surface area contributed by atoms with E-state index < -0.39 is 0 Å². The van der Waals surface area contributed by atoms with Crippen LogP contribution in [0.4, 0.5) is 0 Å². The van der Waals surface area contributed by atoms with Crippen LogP contribution in [0.2, 0.25) is 0 Å². The summed E-state index contributed by atoms with van der Waals surface area (Å²) in [7, 11) is 3.25. The second kappa shape index (κ2) is 10.6. The Morgan fingerprint density at radius 2 is 1.38 bits per heavy atom. The van der Waals surface area contributed by atoms with E-state index in [2.05, 4.69) is 22.5 Å². The zero-order valence-electron chi connectivity index (χ0n) is 15.9. The summed E-state index contributed by atoms with van der Waals surface area (Å²) < 4.78 is 24.0. The Labute approximate surface area is 144 Å². The molecule has 0 amide bonds. The molecule has 1 aromatic heterocycles. The highest BCUT2D eigenvalue weighted by molar-refractivity contribution is 5.06.